The molecule has 2 rings (SSSR count). The lowest BCUT2D eigenvalue weighted by molar-refractivity contribution is -0.132. The molecule has 1 atom stereocenters. The molecule has 1 aromatic heterocycles. The molecule has 0 aliphatic carbocycles. The molecule has 0 bridgehead atoms. The molecule has 4 nitrogen and oxygen atoms in total. The van der Waals surface area contributed by atoms with Gasteiger partial charge in [0.2, 0.25) is 5.91 Å². The summed E-state index contributed by atoms with van der Waals surface area (Å²) in [5, 5.41) is 4.10. The fourth-order valence-corrected chi connectivity index (χ4v) is 3.07. The van der Waals surface area contributed by atoms with E-state index >= 15 is 0 Å². The summed E-state index contributed by atoms with van der Waals surface area (Å²) in [6.07, 6.45) is 3.76. The number of nitrogens with one attached hydrogen (secondary N) is 1. The van der Waals surface area contributed by atoms with Crippen molar-refractivity contribution < 1.29 is 4.79 Å². The van der Waals surface area contributed by atoms with Gasteiger partial charge in [0, 0.05) is 17.6 Å². The summed E-state index contributed by atoms with van der Waals surface area (Å²) in [7, 11) is 1.81. The SMILES string of the molecule is C=C1CCCN(Cc2cnc(C)s2)C(=O)C1NC. The van der Waals surface area contributed by atoms with Crippen LogP contribution in [0.3, 0.4) is 0 Å². The van der Waals surface area contributed by atoms with Crippen LogP contribution in [-0.2, 0) is 11.3 Å². The molecule has 1 unspecified atom stereocenters. The van der Waals surface area contributed by atoms with Gasteiger partial charge in [-0.3, -0.25) is 4.79 Å². The number of rotatable bonds is 3. The van der Waals surface area contributed by atoms with Gasteiger partial charge >= 0.3 is 0 Å². The Morgan fingerprint density at radius 1 is 1.67 bits per heavy atom. The minimum absolute atomic E-state index is 0.131. The molecule has 1 aliphatic rings. The van der Waals surface area contributed by atoms with Crippen LogP contribution in [0.15, 0.2) is 18.3 Å². The van der Waals surface area contributed by atoms with Crippen LogP contribution >= 0.6 is 11.3 Å². The fourth-order valence-electron chi connectivity index (χ4n) is 2.26. The largest absolute Gasteiger partial charge is 0.336 e. The highest BCUT2D eigenvalue weighted by Gasteiger charge is 2.28. The lowest BCUT2D eigenvalue weighted by atomic mass is 10.1. The van der Waals surface area contributed by atoms with Crippen LogP contribution < -0.4 is 5.32 Å². The Hall–Kier alpha value is -1.20. The number of nitrogens with zero attached hydrogens (tertiary/aromatic N) is 2. The van der Waals surface area contributed by atoms with Gasteiger partial charge in [0.15, 0.2) is 0 Å². The second kappa shape index (κ2) is 5.63. The van der Waals surface area contributed by atoms with Gasteiger partial charge in [0.05, 0.1) is 11.6 Å². The molecular weight excluding hydrogens is 246 g/mol. The fraction of sp³-hybridized carbons (Fsp3) is 0.538. The predicted octanol–water partition coefficient (Wildman–Crippen LogP) is 1.72. The number of thiazole rings is 1. The Kier molecular flexibility index (Phi) is 4.14. The first-order chi connectivity index (χ1) is 8.61. The van der Waals surface area contributed by atoms with Crippen LogP contribution in [0.25, 0.3) is 0 Å². The maximum atomic E-state index is 12.4. The summed E-state index contributed by atoms with van der Waals surface area (Å²) >= 11 is 1.65. The van der Waals surface area contributed by atoms with Crippen molar-refractivity contribution >= 4 is 17.2 Å². The van der Waals surface area contributed by atoms with Gasteiger partial charge in [-0.1, -0.05) is 12.2 Å². The molecule has 98 valence electrons. The molecule has 1 fully saturated rings. The molecule has 1 amide bonds. The van der Waals surface area contributed by atoms with Crippen LogP contribution in [0.1, 0.15) is 22.7 Å². The molecule has 1 aliphatic heterocycles. The van der Waals surface area contributed by atoms with E-state index in [1.165, 1.54) is 0 Å². The van der Waals surface area contributed by atoms with Crippen molar-refractivity contribution in [2.75, 3.05) is 13.6 Å². The van der Waals surface area contributed by atoms with Crippen molar-refractivity contribution in [2.24, 2.45) is 0 Å². The molecule has 1 N–H and O–H groups in total. The minimum atomic E-state index is -0.235. The van der Waals surface area contributed by atoms with Gasteiger partial charge in [-0.2, -0.15) is 0 Å². The average molecular weight is 265 g/mol. The van der Waals surface area contributed by atoms with Crippen molar-refractivity contribution in [2.45, 2.75) is 32.4 Å². The van der Waals surface area contributed by atoms with E-state index < -0.39 is 0 Å². The molecule has 2 heterocycles. The third kappa shape index (κ3) is 2.79. The smallest absolute Gasteiger partial charge is 0.244 e. The molecule has 5 heteroatoms. The Labute approximate surface area is 112 Å². The first-order valence-electron chi connectivity index (χ1n) is 6.17. The first kappa shape index (κ1) is 13.2. The van der Waals surface area contributed by atoms with Gasteiger partial charge < -0.3 is 10.2 Å². The molecule has 0 radical (unpaired) electrons. The van der Waals surface area contributed by atoms with Crippen LogP contribution in [0, 0.1) is 6.92 Å². The zero-order valence-corrected chi connectivity index (χ0v) is 11.7. The number of aryl methyl sites for hydroxylation is 1. The maximum absolute atomic E-state index is 12.4. The summed E-state index contributed by atoms with van der Waals surface area (Å²) in [5.74, 6) is 0.131. The highest BCUT2D eigenvalue weighted by Crippen LogP contribution is 2.20. The number of carbonyl (C=O) groups excluding carboxylic acids is 1. The number of aromatic nitrogens is 1. The van der Waals surface area contributed by atoms with Crippen LogP contribution in [0.5, 0.6) is 0 Å². The summed E-state index contributed by atoms with van der Waals surface area (Å²) in [6.45, 7) is 7.45. The highest BCUT2D eigenvalue weighted by molar-refractivity contribution is 7.11. The van der Waals surface area contributed by atoms with E-state index in [2.05, 4.69) is 16.9 Å². The van der Waals surface area contributed by atoms with Gasteiger partial charge in [-0.15, -0.1) is 11.3 Å². The second-order valence-electron chi connectivity index (χ2n) is 4.59. The van der Waals surface area contributed by atoms with E-state index in [0.717, 1.165) is 34.8 Å². The number of likely N-dealkylation sites (tertiary alicyclic amines) is 1. The van der Waals surface area contributed by atoms with E-state index in [1.54, 1.807) is 11.3 Å². The van der Waals surface area contributed by atoms with E-state index in [-0.39, 0.29) is 11.9 Å². The maximum Gasteiger partial charge on any atom is 0.244 e. The first-order valence-corrected chi connectivity index (χ1v) is 6.98. The van der Waals surface area contributed by atoms with Crippen molar-refractivity contribution in [3.63, 3.8) is 0 Å². The topological polar surface area (TPSA) is 45.2 Å². The Balaban J connectivity index is 2.11. The number of carbonyl (C=O) groups is 1. The van der Waals surface area contributed by atoms with Crippen LogP contribution in [0.2, 0.25) is 0 Å². The van der Waals surface area contributed by atoms with Crippen molar-refractivity contribution in [1.29, 1.82) is 0 Å². The number of likely N-dealkylation sites (N-methyl/N-ethyl adjacent to an activating group) is 1. The van der Waals surface area contributed by atoms with E-state index in [0.29, 0.717) is 6.54 Å². The Bertz CT molecular complexity index is 455. The van der Waals surface area contributed by atoms with Crippen molar-refractivity contribution in [1.82, 2.24) is 15.2 Å². The normalized spacial score (nSPS) is 21.2. The van der Waals surface area contributed by atoms with E-state index in [4.69, 9.17) is 0 Å². The third-order valence-corrected chi connectivity index (χ3v) is 4.09. The molecule has 1 saturated heterocycles. The summed E-state index contributed by atoms with van der Waals surface area (Å²) in [6, 6.07) is -0.235. The summed E-state index contributed by atoms with van der Waals surface area (Å²) in [4.78, 5) is 19.7. The average Bonchev–Trinajstić information content (AvgIpc) is 2.68. The zero-order chi connectivity index (χ0) is 13.1. The van der Waals surface area contributed by atoms with Crippen molar-refractivity contribution in [3.8, 4) is 0 Å². The minimum Gasteiger partial charge on any atom is -0.336 e. The molecule has 18 heavy (non-hydrogen) atoms. The van der Waals surface area contributed by atoms with Gasteiger partial charge in [0.25, 0.3) is 0 Å². The predicted molar refractivity (Wildman–Crippen MR) is 73.5 cm³/mol. The zero-order valence-electron chi connectivity index (χ0n) is 10.9. The molecule has 0 aromatic carbocycles. The Morgan fingerprint density at radius 2 is 2.44 bits per heavy atom. The highest BCUT2D eigenvalue weighted by atomic mass is 32.1. The Morgan fingerprint density at radius 3 is 3.06 bits per heavy atom. The second-order valence-corrected chi connectivity index (χ2v) is 5.91. The lowest BCUT2D eigenvalue weighted by Gasteiger charge is -2.23. The number of amides is 1. The van der Waals surface area contributed by atoms with Crippen LogP contribution in [0.4, 0.5) is 0 Å². The molecule has 1 aromatic rings. The molecule has 0 saturated carbocycles. The quantitative estimate of drug-likeness (QED) is 0.846. The van der Waals surface area contributed by atoms with Crippen molar-refractivity contribution in [3.05, 3.63) is 28.2 Å². The van der Waals surface area contributed by atoms with Crippen LogP contribution in [-0.4, -0.2) is 35.4 Å². The van der Waals surface area contributed by atoms with E-state index in [1.807, 2.05) is 25.1 Å². The van der Waals surface area contributed by atoms with E-state index in [9.17, 15) is 4.79 Å². The summed E-state index contributed by atoms with van der Waals surface area (Å²) < 4.78 is 0. The monoisotopic (exact) mass is 265 g/mol. The lowest BCUT2D eigenvalue weighted by Crippen LogP contribution is -2.44. The summed E-state index contributed by atoms with van der Waals surface area (Å²) in [5.41, 5.74) is 0.991. The molecular formula is C13H19N3OS. The van der Waals surface area contributed by atoms with Gasteiger partial charge in [0.1, 0.15) is 6.04 Å². The number of hydrogen-bond donors (Lipinski definition) is 1. The molecule has 0 spiro atoms. The van der Waals surface area contributed by atoms with Gasteiger partial charge in [-0.05, 0) is 26.8 Å². The van der Waals surface area contributed by atoms with Gasteiger partial charge in [-0.25, -0.2) is 4.98 Å². The number of hydrogen-bond acceptors (Lipinski definition) is 4. The standard InChI is InChI=1S/C13H19N3OS/c1-9-5-4-6-16(13(17)12(9)14-3)8-11-7-15-10(2)18-11/h7,12,14H,1,4-6,8H2,2-3H3. The third-order valence-electron chi connectivity index (χ3n) is 3.20.